The molecule has 10 nitrogen and oxygen atoms in total. The van der Waals surface area contributed by atoms with Crippen LogP contribution in [0.25, 0.3) is 10.9 Å². The number of carbonyl (C=O) groups is 3. The largest absolute Gasteiger partial charge is 0.494 e. The Labute approximate surface area is 148 Å². The third-order valence-corrected chi connectivity index (χ3v) is 3.42. The van der Waals surface area contributed by atoms with Gasteiger partial charge in [-0.15, -0.1) is 0 Å². The van der Waals surface area contributed by atoms with Gasteiger partial charge in [0, 0.05) is 0 Å². The van der Waals surface area contributed by atoms with Crippen molar-refractivity contribution < 1.29 is 33.3 Å². The van der Waals surface area contributed by atoms with E-state index in [1.54, 1.807) is 12.1 Å². The van der Waals surface area contributed by atoms with Gasteiger partial charge in [-0.05, 0) is 12.1 Å². The summed E-state index contributed by atoms with van der Waals surface area (Å²) in [6, 6.07) is 3.14. The fourth-order valence-electron chi connectivity index (χ4n) is 2.20. The van der Waals surface area contributed by atoms with E-state index in [1.165, 1.54) is 21.3 Å². The minimum absolute atomic E-state index is 0.0474. The number of fused-ring (bicyclic) bond motifs is 1. The number of rotatable bonds is 6. The Bertz CT molecular complexity index is 885. The lowest BCUT2D eigenvalue weighted by Crippen LogP contribution is -2.16. The first-order chi connectivity index (χ1) is 12.5. The van der Waals surface area contributed by atoms with E-state index in [0.717, 1.165) is 13.2 Å². The molecule has 0 amide bonds. The Morgan fingerprint density at radius 3 is 2.38 bits per heavy atom. The first-order valence-corrected chi connectivity index (χ1v) is 7.25. The summed E-state index contributed by atoms with van der Waals surface area (Å²) in [5, 5.41) is 9.70. The molecule has 0 saturated heterocycles. The molecule has 0 saturated carbocycles. The van der Waals surface area contributed by atoms with Crippen molar-refractivity contribution in [2.45, 2.75) is 0 Å². The number of methoxy groups -OCH3 is 4. The van der Waals surface area contributed by atoms with Crippen molar-refractivity contribution >= 4 is 34.5 Å². The second kappa shape index (κ2) is 8.01. The summed E-state index contributed by atoms with van der Waals surface area (Å²) in [4.78, 5) is 35.4. The number of aromatic amines is 1. The molecular weight excluding hydrogens is 346 g/mol. The predicted octanol–water partition coefficient (Wildman–Crippen LogP) is 1.000. The van der Waals surface area contributed by atoms with Crippen molar-refractivity contribution in [3.05, 3.63) is 29.6 Å². The summed E-state index contributed by atoms with van der Waals surface area (Å²) >= 11 is 0. The minimum Gasteiger partial charge on any atom is -0.494 e. The number of nitrogens with zero attached hydrogens (tertiary/aromatic N) is 1. The van der Waals surface area contributed by atoms with E-state index in [2.05, 4.69) is 25.0 Å². The fraction of sp³-hybridized carbons (Fsp3) is 0.250. The first-order valence-electron chi connectivity index (χ1n) is 7.25. The number of anilines is 1. The zero-order valence-electron chi connectivity index (χ0n) is 14.5. The van der Waals surface area contributed by atoms with Crippen LogP contribution < -0.4 is 10.1 Å². The Kier molecular flexibility index (Phi) is 5.78. The van der Waals surface area contributed by atoms with E-state index >= 15 is 0 Å². The zero-order chi connectivity index (χ0) is 19.3. The van der Waals surface area contributed by atoms with Crippen molar-refractivity contribution in [3.63, 3.8) is 0 Å². The van der Waals surface area contributed by atoms with E-state index in [9.17, 15) is 14.4 Å². The molecule has 26 heavy (non-hydrogen) atoms. The van der Waals surface area contributed by atoms with E-state index < -0.39 is 17.9 Å². The molecule has 0 radical (unpaired) electrons. The molecule has 138 valence electrons. The van der Waals surface area contributed by atoms with Crippen molar-refractivity contribution in [3.8, 4) is 5.75 Å². The molecule has 1 aromatic carbocycles. The molecule has 0 spiro atoms. The number of esters is 3. The lowest BCUT2D eigenvalue weighted by molar-refractivity contribution is -0.138. The van der Waals surface area contributed by atoms with Crippen molar-refractivity contribution in [2.24, 2.45) is 0 Å². The second-order valence-electron chi connectivity index (χ2n) is 4.83. The monoisotopic (exact) mass is 363 g/mol. The highest BCUT2D eigenvalue weighted by Crippen LogP contribution is 2.33. The van der Waals surface area contributed by atoms with Crippen LogP contribution in [-0.2, 0) is 23.8 Å². The van der Waals surface area contributed by atoms with Gasteiger partial charge >= 0.3 is 17.9 Å². The molecule has 0 aliphatic carbocycles. The third-order valence-electron chi connectivity index (χ3n) is 3.42. The SMILES string of the molecule is COC(=O)/C=C(/Nc1ccc(OC)c2n[nH]c(C(=O)OC)c12)C(=O)OC. The summed E-state index contributed by atoms with van der Waals surface area (Å²) < 4.78 is 19.1. The van der Waals surface area contributed by atoms with E-state index in [0.29, 0.717) is 22.3 Å². The molecule has 0 aliphatic heterocycles. The van der Waals surface area contributed by atoms with Gasteiger partial charge in [0.25, 0.3) is 0 Å². The Morgan fingerprint density at radius 2 is 1.81 bits per heavy atom. The summed E-state index contributed by atoms with van der Waals surface area (Å²) in [7, 11) is 5.01. The highest BCUT2D eigenvalue weighted by atomic mass is 16.5. The van der Waals surface area contributed by atoms with E-state index in [1.807, 2.05) is 0 Å². The fourth-order valence-corrected chi connectivity index (χ4v) is 2.20. The quantitative estimate of drug-likeness (QED) is 0.438. The standard InChI is InChI=1S/C16H17N3O7/c1-23-10-6-5-8(12-13(10)18-19-14(12)16(22)26-4)17-9(15(21)25-3)7-11(20)24-2/h5-7,17H,1-4H3,(H,18,19)/b9-7+. The van der Waals surface area contributed by atoms with Gasteiger partial charge in [0.1, 0.15) is 17.0 Å². The van der Waals surface area contributed by atoms with Gasteiger partial charge in [-0.1, -0.05) is 0 Å². The van der Waals surface area contributed by atoms with E-state index in [4.69, 9.17) is 9.47 Å². The minimum atomic E-state index is -0.803. The molecule has 0 unspecified atom stereocenters. The average Bonchev–Trinajstić information content (AvgIpc) is 3.11. The van der Waals surface area contributed by atoms with Crippen LogP contribution in [0, 0.1) is 0 Å². The van der Waals surface area contributed by atoms with Gasteiger partial charge in [0.2, 0.25) is 0 Å². The van der Waals surface area contributed by atoms with Crippen LogP contribution in [0.5, 0.6) is 5.75 Å². The zero-order valence-corrected chi connectivity index (χ0v) is 14.5. The van der Waals surface area contributed by atoms with Crippen LogP contribution in [0.15, 0.2) is 23.9 Å². The van der Waals surface area contributed by atoms with Crippen molar-refractivity contribution in [2.75, 3.05) is 33.8 Å². The average molecular weight is 363 g/mol. The molecule has 0 aliphatic rings. The number of H-pyrrole nitrogens is 1. The molecule has 0 bridgehead atoms. The molecule has 0 atom stereocenters. The van der Waals surface area contributed by atoms with Gasteiger partial charge in [0.05, 0.1) is 45.6 Å². The maximum Gasteiger partial charge on any atom is 0.356 e. The lowest BCUT2D eigenvalue weighted by atomic mass is 10.1. The van der Waals surface area contributed by atoms with Crippen LogP contribution >= 0.6 is 0 Å². The Morgan fingerprint density at radius 1 is 1.08 bits per heavy atom. The number of carbonyl (C=O) groups excluding carboxylic acids is 3. The molecule has 0 fully saturated rings. The molecule has 1 aromatic heterocycles. The topological polar surface area (TPSA) is 129 Å². The first kappa shape index (κ1) is 18.8. The Hall–Kier alpha value is -3.56. The van der Waals surface area contributed by atoms with Crippen LogP contribution in [0.4, 0.5) is 5.69 Å². The summed E-state index contributed by atoms with van der Waals surface area (Å²) in [6.45, 7) is 0. The molecule has 2 N–H and O–H groups in total. The number of ether oxygens (including phenoxy) is 4. The maximum absolute atomic E-state index is 12.0. The van der Waals surface area contributed by atoms with Crippen LogP contribution in [0.2, 0.25) is 0 Å². The summed E-state index contributed by atoms with van der Waals surface area (Å²) in [5.41, 5.74) is 0.490. The molecular formula is C16H17N3O7. The van der Waals surface area contributed by atoms with Gasteiger partial charge in [-0.3, -0.25) is 5.10 Å². The number of hydrogen-bond acceptors (Lipinski definition) is 9. The number of hydrogen-bond donors (Lipinski definition) is 2. The molecule has 10 heteroatoms. The lowest BCUT2D eigenvalue weighted by Gasteiger charge is -2.12. The maximum atomic E-state index is 12.0. The molecule has 2 aromatic rings. The summed E-state index contributed by atoms with van der Waals surface area (Å²) in [6.07, 6.45) is 0.930. The van der Waals surface area contributed by atoms with Gasteiger partial charge < -0.3 is 24.3 Å². The van der Waals surface area contributed by atoms with E-state index in [-0.39, 0.29) is 11.4 Å². The number of aromatic nitrogens is 2. The van der Waals surface area contributed by atoms with Crippen molar-refractivity contribution in [1.29, 1.82) is 0 Å². The third kappa shape index (κ3) is 3.58. The number of nitrogens with one attached hydrogen (secondary N) is 2. The van der Waals surface area contributed by atoms with Gasteiger partial charge in [-0.25, -0.2) is 14.4 Å². The highest BCUT2D eigenvalue weighted by molar-refractivity contribution is 6.10. The van der Waals surface area contributed by atoms with Crippen LogP contribution in [-0.4, -0.2) is 56.5 Å². The predicted molar refractivity (Wildman–Crippen MR) is 89.7 cm³/mol. The number of benzene rings is 1. The molecule has 1 heterocycles. The highest BCUT2D eigenvalue weighted by Gasteiger charge is 2.22. The van der Waals surface area contributed by atoms with Crippen molar-refractivity contribution in [1.82, 2.24) is 10.2 Å². The smallest absolute Gasteiger partial charge is 0.356 e. The van der Waals surface area contributed by atoms with Gasteiger partial charge in [-0.2, -0.15) is 5.10 Å². The van der Waals surface area contributed by atoms with Crippen LogP contribution in [0.1, 0.15) is 10.5 Å². The van der Waals surface area contributed by atoms with Crippen LogP contribution in [0.3, 0.4) is 0 Å². The summed E-state index contributed by atoms with van der Waals surface area (Å²) in [5.74, 6) is -1.83. The normalized spacial score (nSPS) is 11.0. The Balaban J connectivity index is 2.62. The second-order valence-corrected chi connectivity index (χ2v) is 4.83. The molecule has 2 rings (SSSR count). The van der Waals surface area contributed by atoms with Gasteiger partial charge in [0.15, 0.2) is 5.69 Å².